The normalized spacial score (nSPS) is 13.3. The van der Waals surface area contributed by atoms with Crippen molar-refractivity contribution >= 4 is 23.5 Å². The van der Waals surface area contributed by atoms with Gasteiger partial charge in [0.2, 0.25) is 0 Å². The molecule has 0 atom stereocenters. The third-order valence-electron chi connectivity index (χ3n) is 4.35. The maximum absolute atomic E-state index is 14.1. The van der Waals surface area contributed by atoms with Crippen LogP contribution >= 0.6 is 0 Å². The molecule has 9 nitrogen and oxygen atoms in total. The van der Waals surface area contributed by atoms with Gasteiger partial charge in [0, 0.05) is 7.05 Å². The van der Waals surface area contributed by atoms with Crippen LogP contribution in [0.2, 0.25) is 0 Å². The standard InChI is InChI=1S/C22H23F2N5O4/c1-28(25)29(17-10-4-2-5-11-17)21(31)32-15-16-9-8-14-19(26-16)27-20(30)22(23,24)33-18-12-6-3-7-13-18/h2,4-6,8-14H,3,7,15,25H2,1H3,(H,26,27,30). The molecule has 3 rings (SSSR count). The van der Waals surface area contributed by atoms with E-state index in [2.05, 4.69) is 9.72 Å². The first kappa shape index (κ1) is 23.8. The largest absolute Gasteiger partial charge is 0.482 e. The number of amides is 2. The summed E-state index contributed by atoms with van der Waals surface area (Å²) in [6.07, 6.45) is 0.929. The second-order valence-corrected chi connectivity index (χ2v) is 6.95. The lowest BCUT2D eigenvalue weighted by Gasteiger charge is -2.27. The Morgan fingerprint density at radius 1 is 1.15 bits per heavy atom. The molecule has 2 amide bonds. The summed E-state index contributed by atoms with van der Waals surface area (Å²) >= 11 is 0. The highest BCUT2D eigenvalue weighted by molar-refractivity contribution is 5.94. The minimum absolute atomic E-state index is 0.0807. The summed E-state index contributed by atoms with van der Waals surface area (Å²) in [5, 5.41) is 4.16. The number of nitrogens with two attached hydrogens (primary N) is 1. The molecule has 0 bridgehead atoms. The average Bonchev–Trinajstić information content (AvgIpc) is 2.79. The Morgan fingerprint density at radius 3 is 2.58 bits per heavy atom. The molecular weight excluding hydrogens is 436 g/mol. The number of para-hydroxylation sites is 1. The van der Waals surface area contributed by atoms with Crippen molar-refractivity contribution in [1.29, 1.82) is 0 Å². The Kier molecular flexibility index (Phi) is 7.70. The smallest absolute Gasteiger partial charge is 0.442 e. The molecule has 11 heteroatoms. The monoisotopic (exact) mass is 459 g/mol. The van der Waals surface area contributed by atoms with Gasteiger partial charge in [-0.05, 0) is 49.3 Å². The highest BCUT2D eigenvalue weighted by atomic mass is 19.3. The van der Waals surface area contributed by atoms with Crippen molar-refractivity contribution in [3.05, 3.63) is 78.2 Å². The van der Waals surface area contributed by atoms with Crippen LogP contribution in [-0.2, 0) is 20.9 Å². The molecule has 1 aliphatic carbocycles. The van der Waals surface area contributed by atoms with E-state index in [1.165, 1.54) is 37.4 Å². The summed E-state index contributed by atoms with van der Waals surface area (Å²) in [7, 11) is 1.46. The van der Waals surface area contributed by atoms with E-state index < -0.39 is 18.1 Å². The molecule has 0 aliphatic heterocycles. The number of carbonyl (C=O) groups is 2. The Balaban J connectivity index is 1.61. The zero-order valence-corrected chi connectivity index (χ0v) is 17.8. The summed E-state index contributed by atoms with van der Waals surface area (Å²) < 4.78 is 38.0. The molecule has 1 aliphatic rings. The van der Waals surface area contributed by atoms with Crippen molar-refractivity contribution in [3.8, 4) is 0 Å². The van der Waals surface area contributed by atoms with Gasteiger partial charge in [0.15, 0.2) is 0 Å². The van der Waals surface area contributed by atoms with Crippen LogP contribution in [0.25, 0.3) is 0 Å². The van der Waals surface area contributed by atoms with Crippen LogP contribution in [0.15, 0.2) is 72.5 Å². The summed E-state index contributed by atoms with van der Waals surface area (Å²) in [5.74, 6) is 3.82. The first-order chi connectivity index (χ1) is 15.8. The van der Waals surface area contributed by atoms with Gasteiger partial charge in [0.25, 0.3) is 0 Å². The molecule has 3 N–H and O–H groups in total. The van der Waals surface area contributed by atoms with E-state index in [9.17, 15) is 18.4 Å². The number of hydrogen-bond acceptors (Lipinski definition) is 7. The fraction of sp³-hybridized carbons (Fsp3) is 0.227. The topological polar surface area (TPSA) is 110 Å². The molecule has 1 heterocycles. The van der Waals surface area contributed by atoms with Crippen molar-refractivity contribution in [2.24, 2.45) is 5.84 Å². The van der Waals surface area contributed by atoms with Gasteiger partial charge < -0.3 is 14.8 Å². The molecular formula is C22H23F2N5O4. The van der Waals surface area contributed by atoms with Gasteiger partial charge in [-0.15, -0.1) is 0 Å². The molecule has 0 unspecified atom stereocenters. The van der Waals surface area contributed by atoms with Gasteiger partial charge in [0.05, 0.1) is 11.4 Å². The van der Waals surface area contributed by atoms with Crippen molar-refractivity contribution in [1.82, 2.24) is 10.1 Å². The second-order valence-electron chi connectivity index (χ2n) is 6.95. The highest BCUT2D eigenvalue weighted by Gasteiger charge is 2.43. The number of hydrazine groups is 2. The number of anilines is 2. The predicted octanol–water partition coefficient (Wildman–Crippen LogP) is 3.73. The summed E-state index contributed by atoms with van der Waals surface area (Å²) in [4.78, 5) is 28.5. The van der Waals surface area contributed by atoms with E-state index in [-0.39, 0.29) is 23.9 Å². The van der Waals surface area contributed by atoms with Gasteiger partial charge in [-0.25, -0.2) is 9.78 Å². The van der Waals surface area contributed by atoms with Crippen LogP contribution in [0.1, 0.15) is 18.5 Å². The number of nitrogens with one attached hydrogen (secondary N) is 1. The zero-order chi connectivity index (χ0) is 23.8. The Labute approximate surface area is 189 Å². The summed E-state index contributed by atoms with van der Waals surface area (Å²) in [6, 6.07) is 12.9. The third kappa shape index (κ3) is 6.57. The fourth-order valence-corrected chi connectivity index (χ4v) is 2.86. The van der Waals surface area contributed by atoms with Gasteiger partial charge in [0.1, 0.15) is 18.2 Å². The lowest BCUT2D eigenvalue weighted by Crippen LogP contribution is -2.48. The number of rotatable bonds is 8. The maximum Gasteiger partial charge on any atom is 0.482 e. The van der Waals surface area contributed by atoms with Gasteiger partial charge >= 0.3 is 18.1 Å². The highest BCUT2D eigenvalue weighted by Crippen LogP contribution is 2.24. The lowest BCUT2D eigenvalue weighted by molar-refractivity contribution is -0.207. The van der Waals surface area contributed by atoms with Crippen LogP contribution in [0, 0.1) is 0 Å². The molecule has 174 valence electrons. The number of ether oxygens (including phenoxy) is 2. The Bertz CT molecular complexity index is 1040. The number of aromatic nitrogens is 1. The minimum Gasteiger partial charge on any atom is -0.442 e. The number of benzene rings is 1. The molecule has 0 radical (unpaired) electrons. The van der Waals surface area contributed by atoms with Gasteiger partial charge in [-0.2, -0.15) is 18.9 Å². The van der Waals surface area contributed by atoms with Gasteiger partial charge in [-0.3, -0.25) is 10.6 Å². The number of allylic oxidation sites excluding steroid dienone is 3. The van der Waals surface area contributed by atoms with Crippen LogP contribution in [0.3, 0.4) is 0 Å². The molecule has 0 spiro atoms. The average molecular weight is 459 g/mol. The van der Waals surface area contributed by atoms with Crippen LogP contribution < -0.4 is 16.2 Å². The Morgan fingerprint density at radius 2 is 1.91 bits per heavy atom. The maximum atomic E-state index is 14.1. The molecule has 0 fully saturated rings. The number of halogens is 2. The molecule has 33 heavy (non-hydrogen) atoms. The quantitative estimate of drug-likeness (QED) is 0.457. The first-order valence-electron chi connectivity index (χ1n) is 9.97. The van der Waals surface area contributed by atoms with Crippen LogP contribution in [0.5, 0.6) is 0 Å². The number of pyridine rings is 1. The molecule has 0 saturated heterocycles. The van der Waals surface area contributed by atoms with Crippen LogP contribution in [-0.4, -0.2) is 35.3 Å². The van der Waals surface area contributed by atoms with E-state index in [1.54, 1.807) is 36.4 Å². The van der Waals surface area contributed by atoms with E-state index in [0.717, 1.165) is 16.5 Å². The van der Waals surface area contributed by atoms with Crippen molar-refractivity contribution in [2.45, 2.75) is 25.6 Å². The van der Waals surface area contributed by atoms with E-state index >= 15 is 0 Å². The third-order valence-corrected chi connectivity index (χ3v) is 4.35. The van der Waals surface area contributed by atoms with Gasteiger partial charge in [-0.1, -0.05) is 30.3 Å². The first-order valence-corrected chi connectivity index (χ1v) is 9.97. The fourth-order valence-electron chi connectivity index (χ4n) is 2.86. The zero-order valence-electron chi connectivity index (χ0n) is 17.8. The van der Waals surface area contributed by atoms with E-state index in [0.29, 0.717) is 12.1 Å². The molecule has 1 aromatic heterocycles. The second kappa shape index (κ2) is 10.7. The van der Waals surface area contributed by atoms with Crippen molar-refractivity contribution < 1.29 is 27.8 Å². The number of alkyl halides is 2. The van der Waals surface area contributed by atoms with E-state index in [4.69, 9.17) is 10.6 Å². The van der Waals surface area contributed by atoms with Crippen molar-refractivity contribution in [3.63, 3.8) is 0 Å². The minimum atomic E-state index is -4.10. The van der Waals surface area contributed by atoms with Crippen molar-refractivity contribution in [2.75, 3.05) is 17.4 Å². The summed E-state index contributed by atoms with van der Waals surface area (Å²) in [6.45, 7) is -0.287. The number of hydrogen-bond donors (Lipinski definition) is 2. The number of carbonyl (C=O) groups excluding carboxylic acids is 2. The molecule has 1 aromatic carbocycles. The Hall–Kier alpha value is -3.83. The SMILES string of the molecule is CN(N)N(C(=O)OCc1cccc(NC(=O)C(F)(F)OC2=CCCC=C2)n1)c1ccccc1. The number of nitrogens with zero attached hydrogens (tertiary/aromatic N) is 3. The molecule has 2 aromatic rings. The van der Waals surface area contributed by atoms with E-state index in [1.807, 2.05) is 5.32 Å². The molecule has 0 saturated carbocycles. The predicted molar refractivity (Wildman–Crippen MR) is 116 cm³/mol. The van der Waals surface area contributed by atoms with Crippen LogP contribution in [0.4, 0.5) is 25.1 Å². The lowest BCUT2D eigenvalue weighted by atomic mass is 10.2. The summed E-state index contributed by atoms with van der Waals surface area (Å²) in [5.41, 5.74) is 0.697.